The van der Waals surface area contributed by atoms with Crippen LogP contribution in [0.25, 0.3) is 11.5 Å². The summed E-state index contributed by atoms with van der Waals surface area (Å²) in [5, 5.41) is 13.7. The summed E-state index contributed by atoms with van der Waals surface area (Å²) in [6.45, 7) is 1.99. The summed E-state index contributed by atoms with van der Waals surface area (Å²) in [7, 11) is 0. The second-order valence-corrected chi connectivity index (χ2v) is 4.44. The topological polar surface area (TPSA) is 71.6 Å². The standard InChI is InChI=1S/C13H15N3O3/c17-11-8-16(6-7-18-9-11)13-14-12(19-15-13)10-4-2-1-3-5-10/h1-5,11,17H,6-9H2. The molecule has 1 atom stereocenters. The Morgan fingerprint density at radius 3 is 2.95 bits per heavy atom. The summed E-state index contributed by atoms with van der Waals surface area (Å²) in [4.78, 5) is 6.23. The highest BCUT2D eigenvalue weighted by atomic mass is 16.5. The summed E-state index contributed by atoms with van der Waals surface area (Å²) in [5.41, 5.74) is 0.882. The maximum absolute atomic E-state index is 9.69. The Morgan fingerprint density at radius 2 is 2.11 bits per heavy atom. The average molecular weight is 261 g/mol. The van der Waals surface area contributed by atoms with E-state index < -0.39 is 6.10 Å². The number of β-amino-alcohol motifs (C(OH)–C–C–N with tert-alkyl or cyclic N) is 1. The first kappa shape index (κ1) is 12.1. The van der Waals surface area contributed by atoms with E-state index in [-0.39, 0.29) is 0 Å². The van der Waals surface area contributed by atoms with Gasteiger partial charge >= 0.3 is 0 Å². The van der Waals surface area contributed by atoms with Crippen LogP contribution in [0.1, 0.15) is 0 Å². The van der Waals surface area contributed by atoms with E-state index in [1.54, 1.807) is 0 Å². The van der Waals surface area contributed by atoms with Gasteiger partial charge in [0.1, 0.15) is 0 Å². The van der Waals surface area contributed by atoms with Crippen molar-refractivity contribution in [1.82, 2.24) is 10.1 Å². The molecule has 6 nitrogen and oxygen atoms in total. The molecule has 100 valence electrons. The number of hydrogen-bond donors (Lipinski definition) is 1. The summed E-state index contributed by atoms with van der Waals surface area (Å²) in [6.07, 6.45) is -0.527. The number of hydrogen-bond acceptors (Lipinski definition) is 6. The van der Waals surface area contributed by atoms with Crippen LogP contribution in [0.15, 0.2) is 34.9 Å². The molecule has 19 heavy (non-hydrogen) atoms. The number of nitrogens with zero attached hydrogens (tertiary/aromatic N) is 3. The zero-order valence-corrected chi connectivity index (χ0v) is 10.4. The minimum atomic E-state index is -0.527. The van der Waals surface area contributed by atoms with E-state index in [1.165, 1.54) is 0 Å². The fourth-order valence-corrected chi connectivity index (χ4v) is 2.02. The first-order valence-corrected chi connectivity index (χ1v) is 6.23. The van der Waals surface area contributed by atoms with Crippen LogP contribution in [0.5, 0.6) is 0 Å². The fourth-order valence-electron chi connectivity index (χ4n) is 2.02. The van der Waals surface area contributed by atoms with Crippen molar-refractivity contribution in [2.75, 3.05) is 31.2 Å². The number of rotatable bonds is 2. The van der Waals surface area contributed by atoms with Gasteiger partial charge in [-0.15, -0.1) is 0 Å². The first-order chi connectivity index (χ1) is 9.33. The monoisotopic (exact) mass is 261 g/mol. The minimum absolute atomic E-state index is 0.347. The highest BCUT2D eigenvalue weighted by Crippen LogP contribution is 2.20. The largest absolute Gasteiger partial charge is 0.389 e. The van der Waals surface area contributed by atoms with Gasteiger partial charge in [0.2, 0.25) is 0 Å². The molecule has 1 N–H and O–H groups in total. The molecule has 2 aromatic rings. The van der Waals surface area contributed by atoms with Crippen molar-refractivity contribution >= 4 is 5.95 Å². The van der Waals surface area contributed by atoms with Crippen molar-refractivity contribution in [2.24, 2.45) is 0 Å². The van der Waals surface area contributed by atoms with Crippen LogP contribution in [0, 0.1) is 0 Å². The zero-order chi connectivity index (χ0) is 13.1. The summed E-state index contributed by atoms with van der Waals surface area (Å²) < 4.78 is 10.5. The molecule has 0 aliphatic carbocycles. The van der Waals surface area contributed by atoms with Crippen molar-refractivity contribution in [3.63, 3.8) is 0 Å². The maximum Gasteiger partial charge on any atom is 0.266 e. The van der Waals surface area contributed by atoms with Gasteiger partial charge in [0.15, 0.2) is 0 Å². The van der Waals surface area contributed by atoms with Crippen molar-refractivity contribution in [2.45, 2.75) is 6.10 Å². The van der Waals surface area contributed by atoms with Gasteiger partial charge in [0.25, 0.3) is 11.8 Å². The number of aliphatic hydroxyl groups excluding tert-OH is 1. The van der Waals surface area contributed by atoms with Crippen LogP contribution in [0.3, 0.4) is 0 Å². The Balaban J connectivity index is 1.81. The molecule has 0 spiro atoms. The molecule has 0 radical (unpaired) electrons. The van der Waals surface area contributed by atoms with Gasteiger partial charge in [-0.25, -0.2) is 0 Å². The highest BCUT2D eigenvalue weighted by molar-refractivity contribution is 5.54. The molecule has 1 aliphatic rings. The van der Waals surface area contributed by atoms with Crippen molar-refractivity contribution in [3.05, 3.63) is 30.3 Å². The Hall–Kier alpha value is -1.92. The minimum Gasteiger partial charge on any atom is -0.389 e. The van der Waals surface area contributed by atoms with Gasteiger partial charge in [0.05, 0.1) is 19.3 Å². The van der Waals surface area contributed by atoms with Crippen molar-refractivity contribution in [1.29, 1.82) is 0 Å². The number of ether oxygens (including phenoxy) is 1. The van der Waals surface area contributed by atoms with E-state index in [0.29, 0.717) is 38.1 Å². The molecular weight excluding hydrogens is 246 g/mol. The van der Waals surface area contributed by atoms with Crippen LogP contribution in [-0.2, 0) is 4.74 Å². The number of benzene rings is 1. The molecule has 1 aromatic heterocycles. The van der Waals surface area contributed by atoms with E-state index in [1.807, 2.05) is 35.2 Å². The third kappa shape index (κ3) is 2.74. The Labute approximate surface area is 110 Å². The van der Waals surface area contributed by atoms with Gasteiger partial charge in [-0.1, -0.05) is 18.2 Å². The molecule has 6 heteroatoms. The SMILES string of the molecule is OC1COCCN(c2noc(-c3ccccc3)n2)C1. The average Bonchev–Trinajstić information content (AvgIpc) is 2.83. The second-order valence-electron chi connectivity index (χ2n) is 4.44. The molecule has 1 aliphatic heterocycles. The van der Waals surface area contributed by atoms with Crippen LogP contribution >= 0.6 is 0 Å². The molecule has 1 fully saturated rings. The van der Waals surface area contributed by atoms with Crippen LogP contribution in [-0.4, -0.2) is 47.7 Å². The van der Waals surface area contributed by atoms with E-state index in [0.717, 1.165) is 5.56 Å². The lowest BCUT2D eigenvalue weighted by Crippen LogP contribution is -2.33. The Bertz CT molecular complexity index is 529. The van der Waals surface area contributed by atoms with Crippen molar-refractivity contribution in [3.8, 4) is 11.5 Å². The van der Waals surface area contributed by atoms with Crippen LogP contribution in [0.4, 0.5) is 5.95 Å². The molecule has 0 bridgehead atoms. The van der Waals surface area contributed by atoms with Crippen molar-refractivity contribution < 1.29 is 14.4 Å². The quantitative estimate of drug-likeness (QED) is 0.867. The number of anilines is 1. The van der Waals surface area contributed by atoms with Crippen LogP contribution < -0.4 is 4.90 Å². The molecule has 1 aromatic carbocycles. The summed E-state index contributed by atoms with van der Waals surface area (Å²) >= 11 is 0. The third-order valence-corrected chi connectivity index (χ3v) is 2.97. The molecule has 0 saturated carbocycles. The predicted octanol–water partition coefficient (Wildman–Crippen LogP) is 0.934. The summed E-state index contributed by atoms with van der Waals surface area (Å²) in [6, 6.07) is 9.60. The van der Waals surface area contributed by atoms with E-state index >= 15 is 0 Å². The smallest absolute Gasteiger partial charge is 0.266 e. The lowest BCUT2D eigenvalue weighted by atomic mass is 10.2. The predicted molar refractivity (Wildman–Crippen MR) is 68.8 cm³/mol. The maximum atomic E-state index is 9.69. The third-order valence-electron chi connectivity index (χ3n) is 2.97. The fraction of sp³-hybridized carbons (Fsp3) is 0.385. The molecule has 1 unspecified atom stereocenters. The molecule has 0 amide bonds. The van der Waals surface area contributed by atoms with Crippen LogP contribution in [0.2, 0.25) is 0 Å². The lowest BCUT2D eigenvalue weighted by molar-refractivity contribution is 0.0597. The normalized spacial score (nSPS) is 20.3. The van der Waals surface area contributed by atoms with E-state index in [4.69, 9.17) is 9.26 Å². The first-order valence-electron chi connectivity index (χ1n) is 6.23. The van der Waals surface area contributed by atoms with Gasteiger partial charge in [-0.3, -0.25) is 0 Å². The molecule has 3 rings (SSSR count). The Morgan fingerprint density at radius 1 is 1.26 bits per heavy atom. The zero-order valence-electron chi connectivity index (χ0n) is 10.4. The van der Waals surface area contributed by atoms with Gasteiger partial charge in [0, 0.05) is 18.7 Å². The van der Waals surface area contributed by atoms with E-state index in [9.17, 15) is 5.11 Å². The second kappa shape index (κ2) is 5.38. The number of aliphatic hydroxyl groups is 1. The van der Waals surface area contributed by atoms with Gasteiger partial charge < -0.3 is 19.3 Å². The van der Waals surface area contributed by atoms with Gasteiger partial charge in [-0.05, 0) is 17.3 Å². The number of aromatic nitrogens is 2. The Kier molecular flexibility index (Phi) is 3.43. The molecule has 1 saturated heterocycles. The van der Waals surface area contributed by atoms with E-state index in [2.05, 4.69) is 10.1 Å². The van der Waals surface area contributed by atoms with Gasteiger partial charge in [-0.2, -0.15) is 4.98 Å². The lowest BCUT2D eigenvalue weighted by Gasteiger charge is -2.18. The summed E-state index contributed by atoms with van der Waals surface area (Å²) in [5.74, 6) is 0.971. The molecular formula is C13H15N3O3. The highest BCUT2D eigenvalue weighted by Gasteiger charge is 2.21. The molecule has 2 heterocycles.